The van der Waals surface area contributed by atoms with Crippen molar-refractivity contribution in [3.63, 3.8) is 0 Å². The quantitative estimate of drug-likeness (QED) is 0.265. The van der Waals surface area contributed by atoms with Crippen molar-refractivity contribution < 1.29 is 13.6 Å². The molecule has 4 aromatic rings. The summed E-state index contributed by atoms with van der Waals surface area (Å²) in [5.74, 6) is -0.222. The summed E-state index contributed by atoms with van der Waals surface area (Å²) in [4.78, 5) is 18.1. The molecule has 0 saturated carbocycles. The van der Waals surface area contributed by atoms with E-state index in [9.17, 15) is 9.18 Å². The number of thiophene rings is 1. The van der Waals surface area contributed by atoms with Gasteiger partial charge in [-0.2, -0.15) is 10.1 Å². The molecule has 0 aliphatic carbocycles. The zero-order valence-electron chi connectivity index (χ0n) is 13.8. The van der Waals surface area contributed by atoms with E-state index in [0.29, 0.717) is 21.1 Å². The molecule has 0 radical (unpaired) electrons. The van der Waals surface area contributed by atoms with Crippen LogP contribution in [0.5, 0.6) is 0 Å². The number of fused-ring (bicyclic) bond motifs is 1. The first-order valence-electron chi connectivity index (χ1n) is 7.88. The second-order valence-corrected chi connectivity index (χ2v) is 7.36. The monoisotopic (exact) mass is 397 g/mol. The highest BCUT2D eigenvalue weighted by Gasteiger charge is 2.17. The van der Waals surface area contributed by atoms with Crippen molar-refractivity contribution in [1.82, 2.24) is 4.98 Å². The smallest absolute Gasteiger partial charge is 0.273 e. The van der Waals surface area contributed by atoms with Crippen LogP contribution in [0.2, 0.25) is 0 Å². The summed E-state index contributed by atoms with van der Waals surface area (Å²) in [5, 5.41) is 7.68. The number of carbonyl (C=O) groups excluding carboxylic acids is 1. The van der Waals surface area contributed by atoms with Gasteiger partial charge in [0, 0.05) is 11.0 Å². The minimum absolute atomic E-state index is 0.347. The summed E-state index contributed by atoms with van der Waals surface area (Å²) in [5.41, 5.74) is 0.602. The number of hydrogen-bond donors (Lipinski definition) is 0. The van der Waals surface area contributed by atoms with Crippen molar-refractivity contribution in [2.75, 3.05) is 5.01 Å². The largest absolute Gasteiger partial charge is 0.463 e. The zero-order valence-corrected chi connectivity index (χ0v) is 15.4. The molecule has 4 rings (SSSR count). The van der Waals surface area contributed by atoms with E-state index in [1.165, 1.54) is 58.4 Å². The molecule has 0 saturated heterocycles. The molecule has 3 aromatic heterocycles. The lowest BCUT2D eigenvalue weighted by molar-refractivity contribution is -0.114. The molecule has 0 spiro atoms. The first-order valence-corrected chi connectivity index (χ1v) is 9.58. The van der Waals surface area contributed by atoms with E-state index in [4.69, 9.17) is 4.42 Å². The summed E-state index contributed by atoms with van der Waals surface area (Å²) < 4.78 is 19.3. The first-order chi connectivity index (χ1) is 13.2. The van der Waals surface area contributed by atoms with Gasteiger partial charge in [-0.1, -0.05) is 17.4 Å². The standard InChI is InChI=1S/C19H12FN3O2S2/c20-13-5-7-16-17(11-13)27-19(22-16)23(21-12-14-3-1-9-25-14)18(24)8-6-15-4-2-10-26-15/h1-12H/b8-6+,21-12+. The van der Waals surface area contributed by atoms with E-state index in [1.54, 1.807) is 24.3 Å². The predicted molar refractivity (Wildman–Crippen MR) is 107 cm³/mol. The Kier molecular flexibility index (Phi) is 4.91. The van der Waals surface area contributed by atoms with Crippen molar-refractivity contribution >= 4 is 56.2 Å². The summed E-state index contributed by atoms with van der Waals surface area (Å²) in [6.45, 7) is 0. The summed E-state index contributed by atoms with van der Waals surface area (Å²) in [6.07, 6.45) is 6.10. The minimum Gasteiger partial charge on any atom is -0.463 e. The Morgan fingerprint density at radius 1 is 1.26 bits per heavy atom. The van der Waals surface area contributed by atoms with Crippen LogP contribution < -0.4 is 5.01 Å². The molecule has 0 fully saturated rings. The second-order valence-electron chi connectivity index (χ2n) is 5.37. The SMILES string of the molecule is O=C(/C=C/c1cccs1)N(/N=C/c1ccco1)c1nc2ccc(F)cc2s1. The van der Waals surface area contributed by atoms with E-state index < -0.39 is 0 Å². The Balaban J connectivity index is 1.68. The Labute approximate surface area is 161 Å². The fourth-order valence-electron chi connectivity index (χ4n) is 2.27. The van der Waals surface area contributed by atoms with Gasteiger partial charge in [0.2, 0.25) is 5.13 Å². The second kappa shape index (κ2) is 7.65. The number of hydrazone groups is 1. The van der Waals surface area contributed by atoms with E-state index >= 15 is 0 Å². The molecule has 0 bridgehead atoms. The first kappa shape index (κ1) is 17.3. The van der Waals surface area contributed by atoms with Crippen molar-refractivity contribution in [2.45, 2.75) is 0 Å². The third kappa shape index (κ3) is 4.02. The molecule has 1 amide bonds. The molecule has 0 aliphatic rings. The fourth-order valence-corrected chi connectivity index (χ4v) is 3.84. The summed E-state index contributed by atoms with van der Waals surface area (Å²) in [7, 11) is 0. The topological polar surface area (TPSA) is 58.7 Å². The number of thiazole rings is 1. The molecule has 3 heterocycles. The van der Waals surface area contributed by atoms with Gasteiger partial charge in [0.15, 0.2) is 0 Å². The molecular weight excluding hydrogens is 385 g/mol. The number of anilines is 1. The minimum atomic E-state index is -0.370. The van der Waals surface area contributed by atoms with Crippen LogP contribution in [0.25, 0.3) is 16.3 Å². The molecule has 5 nitrogen and oxygen atoms in total. The fraction of sp³-hybridized carbons (Fsp3) is 0. The number of carbonyl (C=O) groups is 1. The number of furan rings is 1. The highest BCUT2D eigenvalue weighted by molar-refractivity contribution is 7.22. The molecule has 1 aromatic carbocycles. The summed E-state index contributed by atoms with van der Waals surface area (Å²) in [6, 6.07) is 11.6. The van der Waals surface area contributed by atoms with Crippen LogP contribution in [-0.2, 0) is 4.79 Å². The highest BCUT2D eigenvalue weighted by Crippen LogP contribution is 2.30. The van der Waals surface area contributed by atoms with Gasteiger partial charge in [-0.15, -0.1) is 11.3 Å². The van der Waals surface area contributed by atoms with Crippen molar-refractivity contribution in [2.24, 2.45) is 5.10 Å². The molecule has 0 atom stereocenters. The van der Waals surface area contributed by atoms with E-state index in [1.807, 2.05) is 17.5 Å². The molecule has 0 N–H and O–H groups in total. The third-order valence-corrected chi connectivity index (χ3v) is 5.34. The van der Waals surface area contributed by atoms with Crippen LogP contribution in [0.15, 0.2) is 69.7 Å². The van der Waals surface area contributed by atoms with Gasteiger partial charge in [-0.25, -0.2) is 9.37 Å². The lowest BCUT2D eigenvalue weighted by Crippen LogP contribution is -2.23. The van der Waals surface area contributed by atoms with Crippen LogP contribution in [0.3, 0.4) is 0 Å². The maximum absolute atomic E-state index is 13.5. The maximum Gasteiger partial charge on any atom is 0.273 e. The Hall–Kier alpha value is -3.10. The number of amides is 1. The van der Waals surface area contributed by atoms with Gasteiger partial charge < -0.3 is 4.42 Å². The number of benzene rings is 1. The van der Waals surface area contributed by atoms with Crippen LogP contribution in [-0.4, -0.2) is 17.1 Å². The van der Waals surface area contributed by atoms with Crippen molar-refractivity contribution in [1.29, 1.82) is 0 Å². The molecular formula is C19H12FN3O2S2. The number of hydrogen-bond acceptors (Lipinski definition) is 6. The van der Waals surface area contributed by atoms with Crippen LogP contribution in [0, 0.1) is 5.82 Å². The lowest BCUT2D eigenvalue weighted by atomic mass is 10.3. The van der Waals surface area contributed by atoms with Crippen molar-refractivity contribution in [3.05, 3.63) is 76.6 Å². The van der Waals surface area contributed by atoms with Gasteiger partial charge in [-0.05, 0) is 47.9 Å². The predicted octanol–water partition coefficient (Wildman–Crippen LogP) is 5.17. The molecule has 0 unspecified atom stereocenters. The maximum atomic E-state index is 13.5. The number of aromatic nitrogens is 1. The average Bonchev–Trinajstić information content (AvgIpc) is 3.41. The lowest BCUT2D eigenvalue weighted by Gasteiger charge is -2.10. The Morgan fingerprint density at radius 3 is 2.96 bits per heavy atom. The van der Waals surface area contributed by atoms with E-state index in [0.717, 1.165) is 4.88 Å². The molecule has 134 valence electrons. The van der Waals surface area contributed by atoms with Gasteiger partial charge in [0.1, 0.15) is 11.6 Å². The molecule has 27 heavy (non-hydrogen) atoms. The third-order valence-electron chi connectivity index (χ3n) is 3.51. The van der Waals surface area contributed by atoms with Gasteiger partial charge >= 0.3 is 0 Å². The van der Waals surface area contributed by atoms with E-state index in [-0.39, 0.29) is 11.7 Å². The molecule has 0 aliphatic heterocycles. The summed E-state index contributed by atoms with van der Waals surface area (Å²) >= 11 is 2.71. The normalized spacial score (nSPS) is 11.7. The van der Waals surface area contributed by atoms with E-state index in [2.05, 4.69) is 10.1 Å². The van der Waals surface area contributed by atoms with Gasteiger partial charge in [0.25, 0.3) is 5.91 Å². The van der Waals surface area contributed by atoms with Crippen molar-refractivity contribution in [3.8, 4) is 0 Å². The van der Waals surface area contributed by atoms with Gasteiger partial charge in [-0.3, -0.25) is 4.79 Å². The number of nitrogens with zero attached hydrogens (tertiary/aromatic N) is 3. The van der Waals surface area contributed by atoms with Crippen LogP contribution in [0.4, 0.5) is 9.52 Å². The van der Waals surface area contributed by atoms with Gasteiger partial charge in [0.05, 0.1) is 22.7 Å². The Morgan fingerprint density at radius 2 is 2.19 bits per heavy atom. The van der Waals surface area contributed by atoms with Crippen LogP contribution >= 0.6 is 22.7 Å². The Bertz CT molecular complexity index is 1120. The highest BCUT2D eigenvalue weighted by atomic mass is 32.1. The molecule has 8 heteroatoms. The number of halogens is 1. The van der Waals surface area contributed by atoms with Crippen LogP contribution in [0.1, 0.15) is 10.6 Å². The zero-order chi connectivity index (χ0) is 18.6. The average molecular weight is 397 g/mol. The number of rotatable bonds is 5.